The Balaban J connectivity index is 1.58. The zero-order chi connectivity index (χ0) is 24.7. The second-order valence-corrected chi connectivity index (χ2v) is 8.47. The number of nitrogens with zero attached hydrogens (tertiary/aromatic N) is 3. The van der Waals surface area contributed by atoms with Gasteiger partial charge in [-0.05, 0) is 49.4 Å². The highest BCUT2D eigenvalue weighted by Crippen LogP contribution is 2.49. The van der Waals surface area contributed by atoms with E-state index in [0.717, 1.165) is 4.90 Å². The standard InChI is InChI=1S/C25H20ClN3O6/c1-2-34-18-11-8-15(9-12-18)27-24(30)21-22(19-14-17(29(32)33)10-13-20(19)26)28(35-23(21)25(27)31)16-6-4-3-5-7-16/h3-14,21-23H,2H2,1H3/t21-,22-,23+/m0/s1. The molecule has 2 saturated heterocycles. The molecule has 0 aromatic heterocycles. The van der Waals surface area contributed by atoms with Gasteiger partial charge in [0.15, 0.2) is 6.10 Å². The lowest BCUT2D eigenvalue weighted by Gasteiger charge is -2.29. The van der Waals surface area contributed by atoms with Crippen molar-refractivity contribution in [3.63, 3.8) is 0 Å². The maximum absolute atomic E-state index is 13.7. The minimum absolute atomic E-state index is 0.180. The quantitative estimate of drug-likeness (QED) is 0.278. The van der Waals surface area contributed by atoms with Crippen molar-refractivity contribution in [2.75, 3.05) is 16.6 Å². The van der Waals surface area contributed by atoms with Crippen LogP contribution >= 0.6 is 11.6 Å². The Morgan fingerprint density at radius 3 is 2.37 bits per heavy atom. The molecule has 3 aromatic rings. The number of halogens is 1. The number of carbonyl (C=O) groups is 2. The normalized spacial score (nSPS) is 21.4. The first kappa shape index (κ1) is 22.8. The Labute approximate surface area is 205 Å². The summed E-state index contributed by atoms with van der Waals surface area (Å²) in [6, 6.07) is 18.7. The molecular formula is C25H20ClN3O6. The minimum Gasteiger partial charge on any atom is -0.494 e. The number of rotatable bonds is 6. The number of hydrogen-bond acceptors (Lipinski definition) is 7. The number of imide groups is 1. The molecule has 2 aliphatic heterocycles. The summed E-state index contributed by atoms with van der Waals surface area (Å²) in [4.78, 5) is 45.2. The number of para-hydroxylation sites is 1. The molecule has 2 amide bonds. The Hall–Kier alpha value is -3.95. The molecule has 9 nitrogen and oxygen atoms in total. The third-order valence-electron chi connectivity index (χ3n) is 6.04. The smallest absolute Gasteiger partial charge is 0.269 e. The second kappa shape index (κ2) is 9.01. The molecule has 0 unspecified atom stereocenters. The van der Waals surface area contributed by atoms with Crippen molar-refractivity contribution in [2.45, 2.75) is 19.1 Å². The maximum Gasteiger partial charge on any atom is 0.269 e. The molecule has 0 bridgehead atoms. The number of amides is 2. The number of anilines is 2. The first-order valence-corrected chi connectivity index (χ1v) is 11.3. The minimum atomic E-state index is -1.12. The predicted molar refractivity (Wildman–Crippen MR) is 128 cm³/mol. The molecule has 0 aliphatic carbocycles. The van der Waals surface area contributed by atoms with Gasteiger partial charge in [-0.15, -0.1) is 0 Å². The zero-order valence-electron chi connectivity index (χ0n) is 18.5. The lowest BCUT2D eigenvalue weighted by atomic mass is 9.90. The van der Waals surface area contributed by atoms with Crippen LogP contribution in [0.5, 0.6) is 5.75 Å². The number of nitro groups is 1. The topological polar surface area (TPSA) is 102 Å². The monoisotopic (exact) mass is 493 g/mol. The fraction of sp³-hybridized carbons (Fsp3) is 0.200. The van der Waals surface area contributed by atoms with E-state index in [1.165, 1.54) is 23.3 Å². The summed E-state index contributed by atoms with van der Waals surface area (Å²) in [5, 5.41) is 13.1. The van der Waals surface area contributed by atoms with Crippen molar-refractivity contribution in [1.82, 2.24) is 0 Å². The summed E-state index contributed by atoms with van der Waals surface area (Å²) in [6.07, 6.45) is -1.12. The first-order valence-electron chi connectivity index (χ1n) is 11.0. The molecule has 178 valence electrons. The Bertz CT molecular complexity index is 1300. The molecule has 2 aliphatic rings. The van der Waals surface area contributed by atoms with Crippen LogP contribution in [0.15, 0.2) is 72.8 Å². The van der Waals surface area contributed by atoms with E-state index in [-0.39, 0.29) is 10.7 Å². The van der Waals surface area contributed by atoms with E-state index < -0.39 is 34.8 Å². The Morgan fingerprint density at radius 2 is 1.71 bits per heavy atom. The van der Waals surface area contributed by atoms with E-state index in [4.69, 9.17) is 21.2 Å². The fourth-order valence-electron chi connectivity index (χ4n) is 4.51. The number of fused-ring (bicyclic) bond motifs is 1. The number of non-ortho nitro benzene ring substituents is 1. The third-order valence-corrected chi connectivity index (χ3v) is 6.39. The molecule has 2 heterocycles. The van der Waals surface area contributed by atoms with Crippen molar-refractivity contribution in [3.05, 3.63) is 93.5 Å². The van der Waals surface area contributed by atoms with Crippen LogP contribution < -0.4 is 14.7 Å². The van der Waals surface area contributed by atoms with Crippen molar-refractivity contribution in [3.8, 4) is 5.75 Å². The molecule has 5 rings (SSSR count). The van der Waals surface area contributed by atoms with Crippen LogP contribution in [0.1, 0.15) is 18.5 Å². The number of nitro benzene ring substituents is 1. The predicted octanol–water partition coefficient (Wildman–Crippen LogP) is 4.70. The highest BCUT2D eigenvalue weighted by Gasteiger charge is 2.60. The Morgan fingerprint density at radius 1 is 1.00 bits per heavy atom. The van der Waals surface area contributed by atoms with Gasteiger partial charge in [0.1, 0.15) is 11.7 Å². The van der Waals surface area contributed by atoms with Crippen LogP contribution in [0.2, 0.25) is 5.02 Å². The average molecular weight is 494 g/mol. The van der Waals surface area contributed by atoms with Gasteiger partial charge in [0.2, 0.25) is 5.91 Å². The third kappa shape index (κ3) is 3.88. The highest BCUT2D eigenvalue weighted by molar-refractivity contribution is 6.31. The van der Waals surface area contributed by atoms with Crippen molar-refractivity contribution >= 4 is 40.5 Å². The van der Waals surface area contributed by atoms with Gasteiger partial charge in [-0.25, -0.2) is 9.96 Å². The number of carbonyl (C=O) groups excluding carboxylic acids is 2. The van der Waals surface area contributed by atoms with E-state index in [1.54, 1.807) is 48.5 Å². The van der Waals surface area contributed by atoms with Crippen LogP contribution in [-0.2, 0) is 14.4 Å². The van der Waals surface area contributed by atoms with Crippen LogP contribution in [0, 0.1) is 16.0 Å². The van der Waals surface area contributed by atoms with E-state index >= 15 is 0 Å². The summed E-state index contributed by atoms with van der Waals surface area (Å²) in [5.74, 6) is -1.35. The van der Waals surface area contributed by atoms with Crippen molar-refractivity contribution in [1.29, 1.82) is 0 Å². The largest absolute Gasteiger partial charge is 0.494 e. The van der Waals surface area contributed by atoms with E-state index in [9.17, 15) is 19.7 Å². The van der Waals surface area contributed by atoms with Gasteiger partial charge >= 0.3 is 0 Å². The number of hydrogen-bond donors (Lipinski definition) is 0. The molecule has 0 N–H and O–H groups in total. The summed E-state index contributed by atoms with van der Waals surface area (Å²) < 4.78 is 5.44. The van der Waals surface area contributed by atoms with Crippen LogP contribution in [0.4, 0.5) is 17.1 Å². The highest BCUT2D eigenvalue weighted by atomic mass is 35.5. The van der Waals surface area contributed by atoms with Crippen molar-refractivity contribution < 1.29 is 24.1 Å². The summed E-state index contributed by atoms with van der Waals surface area (Å²) in [7, 11) is 0. The van der Waals surface area contributed by atoms with Gasteiger partial charge in [-0.2, -0.15) is 0 Å². The van der Waals surface area contributed by atoms with Gasteiger partial charge in [0, 0.05) is 22.7 Å². The number of hydroxylamine groups is 1. The first-order chi connectivity index (χ1) is 16.9. The van der Waals surface area contributed by atoms with Crippen LogP contribution in [0.3, 0.4) is 0 Å². The summed E-state index contributed by atoms with van der Waals surface area (Å²) >= 11 is 6.48. The molecular weight excluding hydrogens is 474 g/mol. The fourth-order valence-corrected chi connectivity index (χ4v) is 4.74. The SMILES string of the molecule is CCOc1ccc(N2C(=O)[C@@H]3[C@@H](ON(c4ccccc4)[C@H]3c3cc([N+](=O)[O-])ccc3Cl)C2=O)cc1. The molecule has 0 radical (unpaired) electrons. The lowest BCUT2D eigenvalue weighted by Crippen LogP contribution is -2.37. The van der Waals surface area contributed by atoms with Gasteiger partial charge in [-0.1, -0.05) is 29.8 Å². The zero-order valence-corrected chi connectivity index (χ0v) is 19.3. The van der Waals surface area contributed by atoms with E-state index in [2.05, 4.69) is 0 Å². The average Bonchev–Trinajstić information content (AvgIpc) is 3.36. The molecule has 2 fully saturated rings. The van der Waals surface area contributed by atoms with Gasteiger partial charge in [0.05, 0.1) is 28.9 Å². The molecule has 10 heteroatoms. The van der Waals surface area contributed by atoms with E-state index in [1.807, 2.05) is 13.0 Å². The maximum atomic E-state index is 13.7. The molecule has 3 atom stereocenters. The van der Waals surface area contributed by atoms with Gasteiger partial charge in [-0.3, -0.25) is 24.5 Å². The molecule has 35 heavy (non-hydrogen) atoms. The summed E-state index contributed by atoms with van der Waals surface area (Å²) in [6.45, 7) is 2.34. The molecule has 3 aromatic carbocycles. The molecule has 0 saturated carbocycles. The van der Waals surface area contributed by atoms with Gasteiger partial charge < -0.3 is 4.74 Å². The van der Waals surface area contributed by atoms with Crippen LogP contribution in [-0.4, -0.2) is 29.4 Å². The van der Waals surface area contributed by atoms with Gasteiger partial charge in [0.25, 0.3) is 11.6 Å². The Kier molecular flexibility index (Phi) is 5.88. The van der Waals surface area contributed by atoms with Crippen molar-refractivity contribution in [2.24, 2.45) is 5.92 Å². The number of benzene rings is 3. The van der Waals surface area contributed by atoms with Crippen LogP contribution in [0.25, 0.3) is 0 Å². The summed E-state index contributed by atoms with van der Waals surface area (Å²) in [5.41, 5.74) is 1.12. The van der Waals surface area contributed by atoms with E-state index in [0.29, 0.717) is 29.3 Å². The number of ether oxygens (including phenoxy) is 1. The molecule has 0 spiro atoms. The lowest BCUT2D eigenvalue weighted by molar-refractivity contribution is -0.384. The second-order valence-electron chi connectivity index (χ2n) is 8.06.